The van der Waals surface area contributed by atoms with Crippen LogP contribution in [0.1, 0.15) is 122 Å². The lowest BCUT2D eigenvalue weighted by Gasteiger charge is -2.29. The quantitative estimate of drug-likeness (QED) is 0.0969. The number of hydrogen-bond donors (Lipinski definition) is 2. The Bertz CT molecular complexity index is 565. The van der Waals surface area contributed by atoms with Crippen molar-refractivity contribution in [3.05, 3.63) is 0 Å². The summed E-state index contributed by atoms with van der Waals surface area (Å²) in [5.74, 6) is -0.0496. The van der Waals surface area contributed by atoms with Crippen molar-refractivity contribution in [2.24, 2.45) is 0 Å². The number of carbonyl (C=O) groups is 1. The average molecular weight is 492 g/mol. The van der Waals surface area contributed by atoms with E-state index in [0.717, 1.165) is 25.8 Å². The van der Waals surface area contributed by atoms with Gasteiger partial charge in [0.2, 0.25) is 5.91 Å². The van der Waals surface area contributed by atoms with Gasteiger partial charge in [-0.25, -0.2) is 0 Å². The molecule has 0 atom stereocenters. The largest absolute Gasteiger partial charge is 0.356 e. The minimum Gasteiger partial charge on any atom is -0.356 e. The molecule has 0 aliphatic rings. The maximum Gasteiger partial charge on any atom is 0.265 e. The lowest BCUT2D eigenvalue weighted by molar-refractivity contribution is -0.890. The number of hydrogen-bond acceptors (Lipinski definition) is 3. The van der Waals surface area contributed by atoms with Crippen molar-refractivity contribution in [1.82, 2.24) is 5.32 Å². The Kier molecular flexibility index (Phi) is 20.3. The van der Waals surface area contributed by atoms with Gasteiger partial charge in [-0.2, -0.15) is 8.42 Å². The molecular formula is C26H55N2O4S+. The third-order valence-corrected chi connectivity index (χ3v) is 7.24. The van der Waals surface area contributed by atoms with E-state index in [4.69, 9.17) is 4.55 Å². The molecule has 7 heteroatoms. The van der Waals surface area contributed by atoms with Crippen molar-refractivity contribution in [2.45, 2.75) is 122 Å². The van der Waals surface area contributed by atoms with E-state index in [1.165, 1.54) is 83.5 Å². The SMILES string of the molecule is CCCCCCCCCCCCCCCCCC(=O)NCCC[N+](C)(C)CCCS(=O)(=O)O. The summed E-state index contributed by atoms with van der Waals surface area (Å²) in [5, 5.41) is 3.00. The molecule has 33 heavy (non-hydrogen) atoms. The highest BCUT2D eigenvalue weighted by Gasteiger charge is 2.16. The molecule has 0 bridgehead atoms. The van der Waals surface area contributed by atoms with Crippen LogP contribution in [-0.2, 0) is 14.9 Å². The fourth-order valence-corrected chi connectivity index (χ4v) is 4.76. The Morgan fingerprint density at radius 1 is 0.697 bits per heavy atom. The Hall–Kier alpha value is -0.660. The summed E-state index contributed by atoms with van der Waals surface area (Å²) in [6, 6.07) is 0. The van der Waals surface area contributed by atoms with Crippen LogP contribution in [0.3, 0.4) is 0 Å². The summed E-state index contributed by atoms with van der Waals surface area (Å²) in [6.45, 7) is 4.49. The van der Waals surface area contributed by atoms with Gasteiger partial charge >= 0.3 is 0 Å². The average Bonchev–Trinajstić information content (AvgIpc) is 2.73. The molecule has 0 aliphatic carbocycles. The molecule has 0 saturated carbocycles. The zero-order chi connectivity index (χ0) is 24.8. The summed E-state index contributed by atoms with van der Waals surface area (Å²) in [6.07, 6.45) is 21.9. The number of rotatable bonds is 24. The van der Waals surface area contributed by atoms with Crippen LogP contribution in [0.4, 0.5) is 0 Å². The number of nitrogens with zero attached hydrogens (tertiary/aromatic N) is 1. The second-order valence-electron chi connectivity index (χ2n) is 10.4. The van der Waals surface area contributed by atoms with E-state index in [1.54, 1.807) is 0 Å². The van der Waals surface area contributed by atoms with E-state index < -0.39 is 10.1 Å². The normalized spacial score (nSPS) is 12.2. The first kappa shape index (κ1) is 32.3. The van der Waals surface area contributed by atoms with Crippen LogP contribution in [-0.4, -0.2) is 62.8 Å². The summed E-state index contributed by atoms with van der Waals surface area (Å²) >= 11 is 0. The van der Waals surface area contributed by atoms with Crippen LogP contribution in [0.25, 0.3) is 0 Å². The van der Waals surface area contributed by atoms with Gasteiger partial charge in [-0.3, -0.25) is 9.35 Å². The molecule has 0 fully saturated rings. The second kappa shape index (κ2) is 20.7. The second-order valence-corrected chi connectivity index (χ2v) is 12.0. The van der Waals surface area contributed by atoms with Gasteiger partial charge in [0.05, 0.1) is 32.9 Å². The molecule has 0 aromatic carbocycles. The highest BCUT2D eigenvalue weighted by Crippen LogP contribution is 2.13. The number of quaternary nitrogens is 1. The van der Waals surface area contributed by atoms with E-state index >= 15 is 0 Å². The van der Waals surface area contributed by atoms with Crippen molar-refractivity contribution in [3.63, 3.8) is 0 Å². The van der Waals surface area contributed by atoms with Gasteiger partial charge in [0.15, 0.2) is 0 Å². The monoisotopic (exact) mass is 491 g/mol. The van der Waals surface area contributed by atoms with Gasteiger partial charge in [0.25, 0.3) is 10.1 Å². The topological polar surface area (TPSA) is 83.5 Å². The van der Waals surface area contributed by atoms with Gasteiger partial charge in [0, 0.05) is 25.8 Å². The first-order chi connectivity index (χ1) is 15.7. The Balaban J connectivity index is 3.41. The Labute approximate surface area is 205 Å². The molecule has 0 radical (unpaired) electrons. The van der Waals surface area contributed by atoms with Crippen molar-refractivity contribution in [3.8, 4) is 0 Å². The molecule has 0 rings (SSSR count). The summed E-state index contributed by atoms with van der Waals surface area (Å²) in [4.78, 5) is 12.0. The predicted molar refractivity (Wildman–Crippen MR) is 140 cm³/mol. The van der Waals surface area contributed by atoms with E-state index in [0.29, 0.717) is 30.4 Å². The Morgan fingerprint density at radius 3 is 1.58 bits per heavy atom. The van der Waals surface area contributed by atoms with Gasteiger partial charge < -0.3 is 9.80 Å². The van der Waals surface area contributed by atoms with Crippen LogP contribution in [0, 0.1) is 0 Å². The third-order valence-electron chi connectivity index (χ3n) is 6.44. The number of amides is 1. The first-order valence-corrected chi connectivity index (χ1v) is 15.3. The zero-order valence-corrected chi connectivity index (χ0v) is 22.9. The van der Waals surface area contributed by atoms with Crippen molar-refractivity contribution in [1.29, 1.82) is 0 Å². The van der Waals surface area contributed by atoms with Crippen LogP contribution in [0.15, 0.2) is 0 Å². The van der Waals surface area contributed by atoms with Gasteiger partial charge in [-0.15, -0.1) is 0 Å². The fourth-order valence-electron chi connectivity index (χ4n) is 4.27. The minimum absolute atomic E-state index is 0.140. The molecule has 2 N–H and O–H groups in total. The van der Waals surface area contributed by atoms with Crippen molar-refractivity contribution in [2.75, 3.05) is 39.5 Å². The zero-order valence-electron chi connectivity index (χ0n) is 22.1. The minimum atomic E-state index is -3.88. The van der Waals surface area contributed by atoms with Crippen LogP contribution < -0.4 is 5.32 Å². The third kappa shape index (κ3) is 25.8. The molecule has 0 unspecified atom stereocenters. The molecule has 198 valence electrons. The molecular weight excluding hydrogens is 436 g/mol. The number of unbranched alkanes of at least 4 members (excludes halogenated alkanes) is 14. The predicted octanol–water partition coefficient (Wildman–Crippen LogP) is 6.11. The van der Waals surface area contributed by atoms with Gasteiger partial charge in [-0.05, 0) is 6.42 Å². The molecule has 0 aromatic rings. The highest BCUT2D eigenvalue weighted by atomic mass is 32.2. The summed E-state index contributed by atoms with van der Waals surface area (Å²) in [5.41, 5.74) is 0. The molecule has 0 aromatic heterocycles. The maximum atomic E-state index is 12.0. The highest BCUT2D eigenvalue weighted by molar-refractivity contribution is 7.85. The lowest BCUT2D eigenvalue weighted by atomic mass is 10.0. The number of carbonyl (C=O) groups excluding carboxylic acids is 1. The smallest absolute Gasteiger partial charge is 0.265 e. The van der Waals surface area contributed by atoms with Crippen LogP contribution in [0.2, 0.25) is 0 Å². The summed E-state index contributed by atoms with van der Waals surface area (Å²) in [7, 11) is 0.210. The summed E-state index contributed by atoms with van der Waals surface area (Å²) < 4.78 is 31.1. The first-order valence-electron chi connectivity index (χ1n) is 13.7. The van der Waals surface area contributed by atoms with Gasteiger partial charge in [-0.1, -0.05) is 96.8 Å². The molecule has 0 aliphatic heterocycles. The van der Waals surface area contributed by atoms with Crippen LogP contribution >= 0.6 is 0 Å². The van der Waals surface area contributed by atoms with Crippen molar-refractivity contribution >= 4 is 16.0 Å². The van der Waals surface area contributed by atoms with E-state index in [9.17, 15) is 13.2 Å². The maximum absolute atomic E-state index is 12.0. The van der Waals surface area contributed by atoms with E-state index in [2.05, 4.69) is 12.2 Å². The molecule has 0 saturated heterocycles. The van der Waals surface area contributed by atoms with Crippen LogP contribution in [0.5, 0.6) is 0 Å². The van der Waals surface area contributed by atoms with Crippen molar-refractivity contribution < 1.29 is 22.2 Å². The molecule has 6 nitrogen and oxygen atoms in total. The number of nitrogens with one attached hydrogen (secondary N) is 1. The van der Waals surface area contributed by atoms with E-state index in [1.807, 2.05) is 14.1 Å². The standard InChI is InChI=1S/C26H54N2O4S/c1-4-5-6-7-8-9-10-11-12-13-14-15-16-17-18-21-26(29)27-22-19-23-28(2,3)24-20-25-33(30,31)32/h4-25H2,1-3H3,(H-,27,29,30,31,32)/p+1. The van der Waals surface area contributed by atoms with E-state index in [-0.39, 0.29) is 11.7 Å². The van der Waals surface area contributed by atoms with Gasteiger partial charge in [0.1, 0.15) is 0 Å². The molecule has 0 heterocycles. The lowest BCUT2D eigenvalue weighted by Crippen LogP contribution is -2.43. The molecule has 0 spiro atoms. The molecule has 1 amide bonds. The fraction of sp³-hybridized carbons (Fsp3) is 0.962. The Morgan fingerprint density at radius 2 is 1.12 bits per heavy atom.